The molecule has 1 aromatic carbocycles. The number of carbonyl (C=O) groups is 2. The highest BCUT2D eigenvalue weighted by Crippen LogP contribution is 2.30. The van der Waals surface area contributed by atoms with Crippen LogP contribution in [0.1, 0.15) is 25.6 Å². The van der Waals surface area contributed by atoms with Gasteiger partial charge < -0.3 is 15.1 Å². The van der Waals surface area contributed by atoms with Crippen molar-refractivity contribution >= 4 is 57.2 Å². The van der Waals surface area contributed by atoms with Gasteiger partial charge >= 0.3 is 0 Å². The molecule has 10 heteroatoms. The van der Waals surface area contributed by atoms with E-state index < -0.39 is 11.7 Å². The zero-order valence-electron chi connectivity index (χ0n) is 17.1. The van der Waals surface area contributed by atoms with Gasteiger partial charge in [0.25, 0.3) is 11.8 Å². The van der Waals surface area contributed by atoms with Gasteiger partial charge in [0.05, 0.1) is 25.5 Å². The van der Waals surface area contributed by atoms with Crippen molar-refractivity contribution in [3.8, 4) is 0 Å². The van der Waals surface area contributed by atoms with E-state index in [1.54, 1.807) is 29.3 Å². The molecule has 0 radical (unpaired) electrons. The third-order valence-corrected chi connectivity index (χ3v) is 6.88. The highest BCUT2D eigenvalue weighted by molar-refractivity contribution is 7.18. The van der Waals surface area contributed by atoms with Crippen molar-refractivity contribution in [2.45, 2.75) is 6.92 Å². The van der Waals surface area contributed by atoms with E-state index in [0.717, 1.165) is 17.4 Å². The first-order valence-corrected chi connectivity index (χ1v) is 11.4. The maximum atomic E-state index is 13.2. The monoisotopic (exact) mass is 492 g/mol. The summed E-state index contributed by atoms with van der Waals surface area (Å²) in [6.45, 7) is 4.15. The van der Waals surface area contributed by atoms with E-state index in [1.807, 2.05) is 6.92 Å². The molecule has 1 N–H and O–H groups in total. The molecule has 2 aromatic heterocycles. The van der Waals surface area contributed by atoms with E-state index in [2.05, 4.69) is 15.2 Å². The summed E-state index contributed by atoms with van der Waals surface area (Å²) in [5.74, 6) is -0.342. The van der Waals surface area contributed by atoms with Crippen LogP contribution in [0, 0.1) is 12.7 Å². The second kappa shape index (κ2) is 9.44. The zero-order chi connectivity index (χ0) is 22.8. The fourth-order valence-corrected chi connectivity index (χ4v) is 5.01. The van der Waals surface area contributed by atoms with E-state index in [-0.39, 0.29) is 16.5 Å². The molecular formula is C22H19Cl2FN4O2S. The maximum Gasteiger partial charge on any atom is 0.264 e. The molecule has 1 fully saturated rings. The number of aryl methyl sites for hydroxylation is 1. The van der Waals surface area contributed by atoms with E-state index in [9.17, 15) is 14.0 Å². The summed E-state index contributed by atoms with van der Waals surface area (Å²) in [5.41, 5.74) is 0.937. The molecule has 2 amide bonds. The first kappa shape index (κ1) is 22.5. The number of hydrogen-bond donors (Lipinski definition) is 1. The summed E-state index contributed by atoms with van der Waals surface area (Å²) in [6.07, 6.45) is 1.70. The highest BCUT2D eigenvalue weighted by atomic mass is 35.5. The third kappa shape index (κ3) is 4.72. The lowest BCUT2D eigenvalue weighted by atomic mass is 10.2. The summed E-state index contributed by atoms with van der Waals surface area (Å²) in [4.78, 5) is 34.3. The maximum absolute atomic E-state index is 13.2. The lowest BCUT2D eigenvalue weighted by Gasteiger charge is -2.35. The number of amides is 2. The summed E-state index contributed by atoms with van der Waals surface area (Å²) < 4.78 is 13.2. The number of aromatic nitrogens is 1. The van der Waals surface area contributed by atoms with Crippen molar-refractivity contribution in [3.05, 3.63) is 74.5 Å². The summed E-state index contributed by atoms with van der Waals surface area (Å²) in [6, 6.07) is 8.91. The Labute approximate surface area is 198 Å². The van der Waals surface area contributed by atoms with Gasteiger partial charge in [0, 0.05) is 32.4 Å². The standard InChI is InChI=1S/C22H19Cl2FN4O2S/c1-13-11-18(27-21(30)15-5-4-14(25)12-17(15)24)32-19(13)22(31)29-9-7-28(8-10-29)20-16(23)3-2-6-26-20/h2-6,11-12H,7-10H2,1H3,(H,27,30). The van der Waals surface area contributed by atoms with Gasteiger partial charge in [-0.3, -0.25) is 9.59 Å². The Morgan fingerprint density at radius 3 is 2.53 bits per heavy atom. The Morgan fingerprint density at radius 2 is 1.84 bits per heavy atom. The quantitative estimate of drug-likeness (QED) is 0.549. The molecule has 0 unspecified atom stereocenters. The van der Waals surface area contributed by atoms with E-state index >= 15 is 0 Å². The Hall–Kier alpha value is -2.68. The minimum absolute atomic E-state index is 0.0259. The average molecular weight is 493 g/mol. The van der Waals surface area contributed by atoms with Crippen molar-refractivity contribution in [2.24, 2.45) is 0 Å². The Balaban J connectivity index is 1.42. The molecule has 0 aliphatic carbocycles. The van der Waals surface area contributed by atoms with Crippen LogP contribution in [0.2, 0.25) is 10.0 Å². The van der Waals surface area contributed by atoms with Crippen LogP contribution < -0.4 is 10.2 Å². The second-order valence-electron chi connectivity index (χ2n) is 7.29. The van der Waals surface area contributed by atoms with Crippen LogP contribution in [0.5, 0.6) is 0 Å². The van der Waals surface area contributed by atoms with Crippen LogP contribution in [-0.2, 0) is 0 Å². The molecule has 1 saturated heterocycles. The van der Waals surface area contributed by atoms with Crippen molar-refractivity contribution in [3.63, 3.8) is 0 Å². The molecule has 1 aliphatic rings. The van der Waals surface area contributed by atoms with E-state index in [1.165, 1.54) is 23.5 Å². The smallest absolute Gasteiger partial charge is 0.264 e. The minimum Gasteiger partial charge on any atom is -0.352 e. The fourth-order valence-electron chi connectivity index (χ4n) is 3.48. The fraction of sp³-hybridized carbons (Fsp3) is 0.227. The largest absolute Gasteiger partial charge is 0.352 e. The van der Waals surface area contributed by atoms with Crippen LogP contribution in [0.15, 0.2) is 42.6 Å². The Morgan fingerprint density at radius 1 is 1.09 bits per heavy atom. The van der Waals surface area contributed by atoms with Crippen molar-refractivity contribution in [2.75, 3.05) is 36.4 Å². The number of rotatable bonds is 4. The molecule has 4 rings (SSSR count). The van der Waals surface area contributed by atoms with Crippen LogP contribution in [0.3, 0.4) is 0 Å². The van der Waals surface area contributed by atoms with Gasteiger partial charge in [0.1, 0.15) is 11.6 Å². The van der Waals surface area contributed by atoms with Crippen molar-refractivity contribution in [1.29, 1.82) is 0 Å². The molecule has 1 aliphatic heterocycles. The number of benzene rings is 1. The highest BCUT2D eigenvalue weighted by Gasteiger charge is 2.26. The second-order valence-corrected chi connectivity index (χ2v) is 9.16. The first-order valence-electron chi connectivity index (χ1n) is 9.85. The predicted octanol–water partition coefficient (Wildman–Crippen LogP) is 5.11. The summed E-state index contributed by atoms with van der Waals surface area (Å²) in [5, 5.41) is 3.88. The van der Waals surface area contributed by atoms with Gasteiger partial charge in [-0.15, -0.1) is 11.3 Å². The molecule has 6 nitrogen and oxygen atoms in total. The Bertz CT molecular complexity index is 1180. The number of hydrogen-bond acceptors (Lipinski definition) is 5. The van der Waals surface area contributed by atoms with Crippen LogP contribution in [0.4, 0.5) is 15.2 Å². The molecule has 0 bridgehead atoms. The predicted molar refractivity (Wildman–Crippen MR) is 126 cm³/mol. The molecule has 166 valence electrons. The molecule has 0 atom stereocenters. The van der Waals surface area contributed by atoms with Gasteiger partial charge in [0.15, 0.2) is 0 Å². The number of anilines is 2. The van der Waals surface area contributed by atoms with Gasteiger partial charge in [0.2, 0.25) is 0 Å². The number of nitrogens with one attached hydrogen (secondary N) is 1. The lowest BCUT2D eigenvalue weighted by Crippen LogP contribution is -2.49. The number of halogens is 3. The number of thiophene rings is 1. The molecule has 0 spiro atoms. The van der Waals surface area contributed by atoms with E-state index in [4.69, 9.17) is 23.2 Å². The Kier molecular flexibility index (Phi) is 6.64. The third-order valence-electron chi connectivity index (χ3n) is 5.13. The average Bonchev–Trinajstić information content (AvgIpc) is 3.13. The van der Waals surface area contributed by atoms with Crippen molar-refractivity contribution in [1.82, 2.24) is 9.88 Å². The zero-order valence-corrected chi connectivity index (χ0v) is 19.4. The van der Waals surface area contributed by atoms with Crippen LogP contribution >= 0.6 is 34.5 Å². The number of piperazine rings is 1. The van der Waals surface area contributed by atoms with Crippen LogP contribution in [-0.4, -0.2) is 47.9 Å². The summed E-state index contributed by atoms with van der Waals surface area (Å²) >= 11 is 13.4. The topological polar surface area (TPSA) is 65.5 Å². The lowest BCUT2D eigenvalue weighted by molar-refractivity contribution is 0.0750. The summed E-state index contributed by atoms with van der Waals surface area (Å²) in [7, 11) is 0. The van der Waals surface area contributed by atoms with Gasteiger partial charge in [-0.1, -0.05) is 23.2 Å². The molecule has 0 saturated carbocycles. The van der Waals surface area contributed by atoms with E-state index in [0.29, 0.717) is 41.1 Å². The number of pyridine rings is 1. The number of carbonyl (C=O) groups excluding carboxylic acids is 2. The van der Waals surface area contributed by atoms with Gasteiger partial charge in [-0.05, 0) is 48.9 Å². The normalized spacial score (nSPS) is 13.9. The minimum atomic E-state index is -0.517. The SMILES string of the molecule is Cc1cc(NC(=O)c2ccc(F)cc2Cl)sc1C(=O)N1CCN(c2ncccc2Cl)CC1. The first-order chi connectivity index (χ1) is 15.3. The molecular weight excluding hydrogens is 474 g/mol. The van der Waals surface area contributed by atoms with Crippen LogP contribution in [0.25, 0.3) is 0 Å². The van der Waals surface area contributed by atoms with Gasteiger partial charge in [-0.2, -0.15) is 0 Å². The van der Waals surface area contributed by atoms with Gasteiger partial charge in [-0.25, -0.2) is 9.37 Å². The van der Waals surface area contributed by atoms with Crippen molar-refractivity contribution < 1.29 is 14.0 Å². The molecule has 3 aromatic rings. The molecule has 3 heterocycles. The number of nitrogens with zero attached hydrogens (tertiary/aromatic N) is 3. The molecule has 32 heavy (non-hydrogen) atoms.